The summed E-state index contributed by atoms with van der Waals surface area (Å²) in [5.41, 5.74) is 10.1. The molecular weight excluding hydrogens is 264 g/mol. The van der Waals surface area contributed by atoms with Gasteiger partial charge in [0, 0.05) is 0 Å². The Morgan fingerprint density at radius 3 is 1.40 bits per heavy atom. The highest BCUT2D eigenvalue weighted by atomic mass is 33.1. The molecule has 0 aromatic rings. The topological polar surface area (TPSA) is 174 Å². The van der Waals surface area contributed by atoms with E-state index in [1.54, 1.807) is 0 Å². The smallest absolute Gasteiger partial charge is 0.387 e. The van der Waals surface area contributed by atoms with Gasteiger partial charge >= 0.3 is 10.4 Å². The fourth-order valence-electron chi connectivity index (χ4n) is 0.210. The van der Waals surface area contributed by atoms with E-state index in [1.807, 2.05) is 0 Å². The minimum atomic E-state index is -4.67. The van der Waals surface area contributed by atoms with Crippen LogP contribution >= 0.6 is 21.6 Å². The summed E-state index contributed by atoms with van der Waals surface area (Å²) in [5.74, 6) is 1.30. The van der Waals surface area contributed by atoms with Gasteiger partial charge in [0.25, 0.3) is 0 Å². The van der Waals surface area contributed by atoms with Crippen molar-refractivity contribution >= 4 is 43.7 Å². The molecule has 0 spiro atoms. The number of hydrogen-bond acceptors (Lipinski definition) is 6. The van der Waals surface area contributed by atoms with Gasteiger partial charge in [0.2, 0.25) is 0 Å². The molecule has 15 heavy (non-hydrogen) atoms. The van der Waals surface area contributed by atoms with Crippen LogP contribution in [-0.2, 0) is 10.4 Å². The summed E-state index contributed by atoms with van der Waals surface area (Å²) < 4.78 is 31.6. The quantitative estimate of drug-likeness (QED) is 0.129. The second-order valence-corrected chi connectivity index (χ2v) is 5.38. The summed E-state index contributed by atoms with van der Waals surface area (Å²) in [6.45, 7) is 0. The Kier molecular flexibility index (Phi) is 9.92. The first kappa shape index (κ1) is 16.9. The summed E-state index contributed by atoms with van der Waals surface area (Å²) >= 11 is 0. The van der Waals surface area contributed by atoms with E-state index in [2.05, 4.69) is 0 Å². The van der Waals surface area contributed by atoms with E-state index in [-0.39, 0.29) is 11.7 Å². The van der Waals surface area contributed by atoms with Crippen LogP contribution in [0.3, 0.4) is 0 Å². The predicted molar refractivity (Wildman–Crippen MR) is 62.9 cm³/mol. The SMILES string of the molecule is N=C(N)CSSCC(=N)N.O=S(=O)(O)O. The van der Waals surface area contributed by atoms with Crippen LogP contribution in [0.15, 0.2) is 0 Å². The van der Waals surface area contributed by atoms with Crippen molar-refractivity contribution in [2.24, 2.45) is 11.5 Å². The first-order valence-electron chi connectivity index (χ1n) is 3.23. The summed E-state index contributed by atoms with van der Waals surface area (Å²) in [6, 6.07) is 0. The molecule has 0 heterocycles. The van der Waals surface area contributed by atoms with Crippen LogP contribution in [0.25, 0.3) is 0 Å². The van der Waals surface area contributed by atoms with Gasteiger partial charge in [0.05, 0.1) is 11.5 Å². The van der Waals surface area contributed by atoms with Crippen LogP contribution in [0.2, 0.25) is 0 Å². The molecule has 0 saturated heterocycles. The molecular formula is C4H12N4O4S3. The monoisotopic (exact) mass is 276 g/mol. The number of nitrogens with one attached hydrogen (secondary N) is 2. The zero-order chi connectivity index (χ0) is 12.5. The van der Waals surface area contributed by atoms with Gasteiger partial charge in [-0.05, 0) is 0 Å². The van der Waals surface area contributed by atoms with Gasteiger partial charge in [0.1, 0.15) is 11.7 Å². The Balaban J connectivity index is 0. The molecule has 0 bridgehead atoms. The van der Waals surface area contributed by atoms with E-state index in [0.29, 0.717) is 11.5 Å². The van der Waals surface area contributed by atoms with Crippen molar-refractivity contribution in [2.45, 2.75) is 0 Å². The maximum atomic E-state index is 8.74. The van der Waals surface area contributed by atoms with Crippen molar-refractivity contribution in [1.82, 2.24) is 0 Å². The summed E-state index contributed by atoms with van der Waals surface area (Å²) in [7, 11) is -1.79. The number of amidine groups is 2. The zero-order valence-corrected chi connectivity index (χ0v) is 9.95. The van der Waals surface area contributed by atoms with Crippen LogP contribution in [-0.4, -0.2) is 40.7 Å². The average Bonchev–Trinajstić information content (AvgIpc) is 1.94. The van der Waals surface area contributed by atoms with Crippen LogP contribution in [0.5, 0.6) is 0 Å². The second-order valence-electron chi connectivity index (χ2n) is 2.02. The number of rotatable bonds is 5. The van der Waals surface area contributed by atoms with Gasteiger partial charge in [0.15, 0.2) is 0 Å². The van der Waals surface area contributed by atoms with E-state index >= 15 is 0 Å². The molecule has 0 aromatic heterocycles. The molecule has 0 radical (unpaired) electrons. The summed E-state index contributed by atoms with van der Waals surface area (Å²) in [5, 5.41) is 13.7. The number of hydrogen-bond donors (Lipinski definition) is 6. The predicted octanol–water partition coefficient (Wildman–Crippen LogP) is -0.413. The molecule has 0 aliphatic rings. The van der Waals surface area contributed by atoms with Gasteiger partial charge in [-0.25, -0.2) is 0 Å². The van der Waals surface area contributed by atoms with Crippen LogP contribution < -0.4 is 11.5 Å². The third-order valence-corrected chi connectivity index (χ3v) is 2.74. The molecule has 0 atom stereocenters. The molecule has 90 valence electrons. The van der Waals surface area contributed by atoms with Crippen LogP contribution in [0, 0.1) is 10.8 Å². The highest BCUT2D eigenvalue weighted by Crippen LogP contribution is 2.19. The Labute approximate surface area is 95.2 Å². The average molecular weight is 276 g/mol. The van der Waals surface area contributed by atoms with E-state index in [9.17, 15) is 0 Å². The van der Waals surface area contributed by atoms with Gasteiger partial charge in [-0.1, -0.05) is 21.6 Å². The fraction of sp³-hybridized carbons (Fsp3) is 0.500. The lowest BCUT2D eigenvalue weighted by Gasteiger charge is -1.96. The molecule has 11 heteroatoms. The second kappa shape index (κ2) is 8.79. The molecule has 0 amide bonds. The standard InChI is InChI=1S/C4H10N4S2.H2O4S/c5-3(6)1-9-10-2-4(7)8;1-5(2,3)4/h1-2H2,(H3,5,6)(H3,7,8);(H2,1,2,3,4). The molecule has 0 fully saturated rings. The summed E-state index contributed by atoms with van der Waals surface area (Å²) in [4.78, 5) is 0. The lowest BCUT2D eigenvalue weighted by Crippen LogP contribution is -2.13. The van der Waals surface area contributed by atoms with Crippen molar-refractivity contribution in [3.8, 4) is 0 Å². The lowest BCUT2D eigenvalue weighted by atomic mass is 10.7. The third kappa shape index (κ3) is 42.2. The van der Waals surface area contributed by atoms with E-state index < -0.39 is 10.4 Å². The molecule has 0 aliphatic carbocycles. The zero-order valence-electron chi connectivity index (χ0n) is 7.50. The molecule has 8 N–H and O–H groups in total. The molecule has 0 aromatic carbocycles. The van der Waals surface area contributed by atoms with Gasteiger partial charge < -0.3 is 11.5 Å². The Morgan fingerprint density at radius 1 is 1.07 bits per heavy atom. The van der Waals surface area contributed by atoms with Crippen molar-refractivity contribution in [2.75, 3.05) is 11.5 Å². The van der Waals surface area contributed by atoms with E-state index in [1.165, 1.54) is 21.6 Å². The molecule has 0 saturated carbocycles. The minimum Gasteiger partial charge on any atom is -0.387 e. The van der Waals surface area contributed by atoms with Crippen molar-refractivity contribution in [3.63, 3.8) is 0 Å². The van der Waals surface area contributed by atoms with E-state index in [4.69, 9.17) is 39.8 Å². The van der Waals surface area contributed by atoms with E-state index in [0.717, 1.165) is 0 Å². The third-order valence-electron chi connectivity index (χ3n) is 0.512. The maximum Gasteiger partial charge on any atom is 0.394 e. The lowest BCUT2D eigenvalue weighted by molar-refractivity contribution is 0.381. The largest absolute Gasteiger partial charge is 0.394 e. The van der Waals surface area contributed by atoms with Crippen LogP contribution in [0.1, 0.15) is 0 Å². The minimum absolute atomic E-state index is 0.154. The molecule has 0 unspecified atom stereocenters. The Hall–Kier alpha value is -0.490. The molecule has 0 rings (SSSR count). The fourth-order valence-corrected chi connectivity index (χ4v) is 1.89. The first-order valence-corrected chi connectivity index (χ1v) is 7.11. The first-order chi connectivity index (χ1) is 6.63. The summed E-state index contributed by atoms with van der Waals surface area (Å²) in [6.07, 6.45) is 0. The number of nitrogens with two attached hydrogens (primary N) is 2. The van der Waals surface area contributed by atoms with Crippen molar-refractivity contribution in [3.05, 3.63) is 0 Å². The highest BCUT2D eigenvalue weighted by molar-refractivity contribution is 8.77. The van der Waals surface area contributed by atoms with Gasteiger partial charge in [-0.15, -0.1) is 0 Å². The Bertz CT molecular complexity index is 279. The normalized spacial score (nSPS) is 10.0. The Morgan fingerprint density at radius 2 is 1.27 bits per heavy atom. The van der Waals surface area contributed by atoms with Gasteiger partial charge in [-0.2, -0.15) is 8.42 Å². The van der Waals surface area contributed by atoms with Crippen molar-refractivity contribution in [1.29, 1.82) is 10.8 Å². The van der Waals surface area contributed by atoms with Gasteiger partial charge in [-0.3, -0.25) is 19.9 Å². The molecule has 8 nitrogen and oxygen atoms in total. The maximum absolute atomic E-state index is 8.74. The van der Waals surface area contributed by atoms with Crippen LogP contribution in [0.4, 0.5) is 0 Å². The molecule has 0 aliphatic heterocycles. The van der Waals surface area contributed by atoms with Crippen molar-refractivity contribution < 1.29 is 17.5 Å². The highest BCUT2D eigenvalue weighted by Gasteiger charge is 1.93.